The van der Waals surface area contributed by atoms with Gasteiger partial charge in [-0.1, -0.05) is 78.9 Å². The van der Waals surface area contributed by atoms with Gasteiger partial charge in [0.1, 0.15) is 0 Å². The zero-order valence-electron chi connectivity index (χ0n) is 14.8. The van der Waals surface area contributed by atoms with Crippen LogP contribution in [-0.2, 0) is 17.1 Å². The molecule has 3 aromatic carbocycles. The number of benzene rings is 2. The monoisotopic (exact) mass is 389 g/mol. The first-order valence-electron chi connectivity index (χ1n) is 8.75. The number of nitrogens with zero attached hydrogens (tertiary/aromatic N) is 1. The van der Waals surface area contributed by atoms with Crippen molar-refractivity contribution in [3.05, 3.63) is 131 Å². The van der Waals surface area contributed by atoms with Crippen molar-refractivity contribution in [1.82, 2.24) is 0 Å². The third kappa shape index (κ3) is 4.62. The molecule has 1 heterocycles. The molecule has 0 saturated heterocycles. The molecule has 0 radical (unpaired) electrons. The minimum atomic E-state index is 0. The summed E-state index contributed by atoms with van der Waals surface area (Å²) in [6.07, 6.45) is 12.5. The summed E-state index contributed by atoms with van der Waals surface area (Å²) in [6.45, 7) is 0. The van der Waals surface area contributed by atoms with Gasteiger partial charge in [-0.3, -0.25) is 0 Å². The first-order valence-corrected chi connectivity index (χ1v) is 8.75. The summed E-state index contributed by atoms with van der Waals surface area (Å²) in [5, 5.41) is 4.75. The van der Waals surface area contributed by atoms with Crippen LogP contribution in [0, 0.1) is 0 Å². The van der Waals surface area contributed by atoms with E-state index in [-0.39, 0.29) is 17.1 Å². The molecule has 0 spiro atoms. The Morgan fingerprint density at radius 3 is 2.07 bits per heavy atom. The zero-order valence-corrected chi connectivity index (χ0v) is 15.9. The Hall–Kier alpha value is -2.93. The van der Waals surface area contributed by atoms with Crippen molar-refractivity contribution >= 4 is 11.8 Å². The molecule has 0 fully saturated rings. The van der Waals surface area contributed by atoms with Crippen molar-refractivity contribution in [3.63, 3.8) is 0 Å². The van der Waals surface area contributed by atoms with E-state index >= 15 is 0 Å². The largest absolute Gasteiger partial charge is 2.00 e. The van der Waals surface area contributed by atoms with Crippen LogP contribution in [0.2, 0.25) is 0 Å². The Labute approximate surface area is 171 Å². The number of fused-ring (bicyclic) bond motifs is 1. The molecule has 3 aromatic rings. The SMILES string of the molecule is C1=CC(=C2C=Cc3cc(-c4ccccc4)ccc3[N-]2)C=C1.[Fe+2].c1cc[cH-]c1. The topological polar surface area (TPSA) is 14.1 Å². The van der Waals surface area contributed by atoms with Crippen LogP contribution < -0.4 is 0 Å². The summed E-state index contributed by atoms with van der Waals surface area (Å²) in [7, 11) is 0. The van der Waals surface area contributed by atoms with Gasteiger partial charge in [-0.2, -0.15) is 18.2 Å². The van der Waals surface area contributed by atoms with Crippen LogP contribution in [0.5, 0.6) is 0 Å². The zero-order chi connectivity index (χ0) is 17.6. The molecule has 2 aliphatic rings. The van der Waals surface area contributed by atoms with Crippen molar-refractivity contribution in [2.45, 2.75) is 0 Å². The quantitative estimate of drug-likeness (QED) is 0.309. The van der Waals surface area contributed by atoms with Crippen LogP contribution in [-0.4, -0.2) is 0 Å². The summed E-state index contributed by atoms with van der Waals surface area (Å²) in [4.78, 5) is 0. The number of rotatable bonds is 1. The van der Waals surface area contributed by atoms with Crippen molar-refractivity contribution in [2.24, 2.45) is 0 Å². The van der Waals surface area contributed by atoms with Crippen molar-refractivity contribution in [3.8, 4) is 11.1 Å². The summed E-state index contributed by atoms with van der Waals surface area (Å²) in [5.41, 5.74) is 6.87. The summed E-state index contributed by atoms with van der Waals surface area (Å²) >= 11 is 0. The van der Waals surface area contributed by atoms with Crippen molar-refractivity contribution in [1.29, 1.82) is 0 Å². The van der Waals surface area contributed by atoms with E-state index in [1.807, 2.05) is 48.6 Å². The smallest absolute Gasteiger partial charge is 0.657 e. The van der Waals surface area contributed by atoms with Crippen LogP contribution in [0.1, 0.15) is 5.56 Å². The van der Waals surface area contributed by atoms with Crippen LogP contribution in [0.15, 0.2) is 121 Å². The van der Waals surface area contributed by atoms with E-state index in [9.17, 15) is 0 Å². The van der Waals surface area contributed by atoms with E-state index in [4.69, 9.17) is 5.32 Å². The number of hydrogen-bond acceptors (Lipinski definition) is 0. The molecule has 5 rings (SSSR count). The minimum absolute atomic E-state index is 0. The molecule has 1 nitrogen and oxygen atoms in total. The Morgan fingerprint density at radius 1 is 0.667 bits per heavy atom. The molecule has 1 aliphatic carbocycles. The van der Waals surface area contributed by atoms with Crippen molar-refractivity contribution < 1.29 is 17.1 Å². The minimum Gasteiger partial charge on any atom is -0.657 e. The number of allylic oxidation sites excluding steroid dienone is 6. The molecule has 0 aromatic heterocycles. The Morgan fingerprint density at radius 2 is 1.41 bits per heavy atom. The molecule has 1 aliphatic heterocycles. The van der Waals surface area contributed by atoms with Crippen LogP contribution in [0.25, 0.3) is 22.5 Å². The maximum absolute atomic E-state index is 4.75. The van der Waals surface area contributed by atoms with Gasteiger partial charge < -0.3 is 5.32 Å². The Balaban J connectivity index is 0.000000306. The molecule has 2 heteroatoms. The predicted octanol–water partition coefficient (Wildman–Crippen LogP) is 7.17. The van der Waals surface area contributed by atoms with Gasteiger partial charge in [0, 0.05) is 0 Å². The summed E-state index contributed by atoms with van der Waals surface area (Å²) in [6, 6.07) is 26.9. The van der Waals surface area contributed by atoms with Gasteiger partial charge in [0.25, 0.3) is 0 Å². The van der Waals surface area contributed by atoms with Gasteiger partial charge in [0.05, 0.1) is 0 Å². The third-order valence-corrected chi connectivity index (χ3v) is 4.31. The standard InChI is InChI=1S/C20H14N.C5H5.Fe/c1-2-6-15(7-3-1)17-10-12-20-18(14-17)11-13-19(21-20)16-8-4-5-9-16;1-2-4-5-3-1;/h1-14H;1-5H;/q2*-1;+2. The van der Waals surface area contributed by atoms with Gasteiger partial charge in [-0.25, -0.2) is 12.1 Å². The molecular formula is C25H19FeN. The molecule has 0 saturated carbocycles. The second-order valence-electron chi connectivity index (χ2n) is 6.11. The van der Waals surface area contributed by atoms with Gasteiger partial charge >= 0.3 is 17.1 Å². The van der Waals surface area contributed by atoms with Crippen LogP contribution >= 0.6 is 0 Å². The van der Waals surface area contributed by atoms with E-state index in [1.54, 1.807) is 0 Å². The van der Waals surface area contributed by atoms with E-state index in [2.05, 4.69) is 66.8 Å². The second kappa shape index (κ2) is 9.14. The Bertz CT molecular complexity index is 959. The van der Waals surface area contributed by atoms with E-state index in [0.717, 1.165) is 11.4 Å². The van der Waals surface area contributed by atoms with Crippen molar-refractivity contribution in [2.75, 3.05) is 0 Å². The summed E-state index contributed by atoms with van der Waals surface area (Å²) in [5.74, 6) is 0. The van der Waals surface area contributed by atoms with E-state index in [1.165, 1.54) is 22.3 Å². The fraction of sp³-hybridized carbons (Fsp3) is 0. The molecular weight excluding hydrogens is 370 g/mol. The average Bonchev–Trinajstić information content (AvgIpc) is 3.44. The second-order valence-corrected chi connectivity index (χ2v) is 6.11. The maximum Gasteiger partial charge on any atom is 2.00 e. The van der Waals surface area contributed by atoms with Gasteiger partial charge in [-0.05, 0) is 28.3 Å². The predicted molar refractivity (Wildman–Crippen MR) is 111 cm³/mol. The first-order chi connectivity index (χ1) is 12.9. The summed E-state index contributed by atoms with van der Waals surface area (Å²) < 4.78 is 0. The van der Waals surface area contributed by atoms with E-state index in [0.29, 0.717) is 0 Å². The number of hydrogen-bond donors (Lipinski definition) is 0. The van der Waals surface area contributed by atoms with Crippen LogP contribution in [0.4, 0.5) is 5.69 Å². The molecule has 132 valence electrons. The molecule has 27 heavy (non-hydrogen) atoms. The van der Waals surface area contributed by atoms with Gasteiger partial charge in [-0.15, -0.1) is 11.4 Å². The molecule has 0 atom stereocenters. The van der Waals surface area contributed by atoms with Gasteiger partial charge in [0.2, 0.25) is 0 Å². The Kier molecular flexibility index (Phi) is 6.38. The fourth-order valence-electron chi connectivity index (χ4n) is 2.96. The third-order valence-electron chi connectivity index (χ3n) is 4.31. The van der Waals surface area contributed by atoms with Gasteiger partial charge in [0.15, 0.2) is 0 Å². The molecule has 0 unspecified atom stereocenters. The average molecular weight is 389 g/mol. The molecule has 0 bridgehead atoms. The normalized spacial score (nSPS) is 13.3. The molecule has 0 amide bonds. The van der Waals surface area contributed by atoms with Crippen LogP contribution in [0.3, 0.4) is 0 Å². The first kappa shape index (κ1) is 18.8. The van der Waals surface area contributed by atoms with E-state index < -0.39 is 0 Å². The molecule has 0 N–H and O–H groups in total. The maximum atomic E-state index is 4.75. The fourth-order valence-corrected chi connectivity index (χ4v) is 2.96.